The summed E-state index contributed by atoms with van der Waals surface area (Å²) in [7, 11) is 4.66. The van der Waals surface area contributed by atoms with Gasteiger partial charge in [-0.3, -0.25) is 9.69 Å². The molecule has 1 atom stereocenters. The van der Waals surface area contributed by atoms with Gasteiger partial charge in [-0.25, -0.2) is 0 Å². The first-order valence-corrected chi connectivity index (χ1v) is 9.89. The number of hydrogen-bond donors (Lipinski definition) is 0. The van der Waals surface area contributed by atoms with Crippen LogP contribution in [0.3, 0.4) is 0 Å². The predicted molar refractivity (Wildman–Crippen MR) is 122 cm³/mol. The Balaban J connectivity index is 0.00000320. The van der Waals surface area contributed by atoms with E-state index < -0.39 is 0 Å². The highest BCUT2D eigenvalue weighted by molar-refractivity contribution is 6.01. The highest BCUT2D eigenvalue weighted by Crippen LogP contribution is 2.38. The zero-order valence-corrected chi connectivity index (χ0v) is 19.1. The molecular formula is C23H31ClN2O4. The van der Waals surface area contributed by atoms with Crippen LogP contribution in [0.25, 0.3) is 0 Å². The molecule has 1 fully saturated rings. The number of halogens is 1. The monoisotopic (exact) mass is 434 g/mol. The summed E-state index contributed by atoms with van der Waals surface area (Å²) in [5.41, 5.74) is 3.12. The number of Topliss-reactive ketones (excluding diaryl/α,β-unsaturated/α-hetero) is 1. The molecule has 164 valence electrons. The number of ketones is 1. The van der Waals surface area contributed by atoms with Crippen molar-refractivity contribution in [2.24, 2.45) is 0 Å². The molecule has 0 aromatic heterocycles. The molecule has 1 saturated heterocycles. The minimum absolute atomic E-state index is 0. The number of methoxy groups -OCH3 is 3. The van der Waals surface area contributed by atoms with E-state index in [1.165, 1.54) is 11.3 Å². The number of benzene rings is 2. The second-order valence-electron chi connectivity index (χ2n) is 7.26. The number of nitrogens with zero attached hydrogens (tertiary/aromatic N) is 2. The molecule has 2 aromatic carbocycles. The van der Waals surface area contributed by atoms with Gasteiger partial charge in [-0.1, -0.05) is 18.2 Å². The number of carbonyl (C=O) groups excluding carboxylic acids is 1. The van der Waals surface area contributed by atoms with E-state index in [-0.39, 0.29) is 24.2 Å². The fourth-order valence-electron chi connectivity index (χ4n) is 3.90. The number of aryl methyl sites for hydroxylation is 1. The van der Waals surface area contributed by atoms with Crippen LogP contribution in [0.5, 0.6) is 17.2 Å². The van der Waals surface area contributed by atoms with Crippen molar-refractivity contribution in [1.29, 1.82) is 0 Å². The zero-order chi connectivity index (χ0) is 21.0. The summed E-state index contributed by atoms with van der Waals surface area (Å²) < 4.78 is 16.1. The van der Waals surface area contributed by atoms with Crippen molar-refractivity contribution in [2.75, 3.05) is 52.4 Å². The molecule has 1 heterocycles. The maximum absolute atomic E-state index is 13.2. The lowest BCUT2D eigenvalue weighted by Crippen LogP contribution is -2.51. The van der Waals surface area contributed by atoms with E-state index in [2.05, 4.69) is 41.0 Å². The van der Waals surface area contributed by atoms with Crippen LogP contribution < -0.4 is 19.1 Å². The van der Waals surface area contributed by atoms with Gasteiger partial charge in [-0.2, -0.15) is 0 Å². The molecule has 2 aromatic rings. The van der Waals surface area contributed by atoms with Gasteiger partial charge in [0.15, 0.2) is 17.3 Å². The SMILES string of the molecule is COc1cc(C(=O)C(C)N2CCN(c3ccccc3C)CC2)cc(OC)c1OC.Cl. The van der Waals surface area contributed by atoms with Crippen molar-refractivity contribution >= 4 is 23.9 Å². The summed E-state index contributed by atoms with van der Waals surface area (Å²) in [5.74, 6) is 1.53. The molecule has 0 bridgehead atoms. The van der Waals surface area contributed by atoms with E-state index >= 15 is 0 Å². The quantitative estimate of drug-likeness (QED) is 0.617. The fraction of sp³-hybridized carbons (Fsp3) is 0.435. The minimum Gasteiger partial charge on any atom is -0.493 e. The Labute approximate surface area is 185 Å². The molecule has 0 spiro atoms. The Morgan fingerprint density at radius 1 is 0.933 bits per heavy atom. The van der Waals surface area contributed by atoms with Crippen LogP contribution >= 0.6 is 12.4 Å². The number of piperazine rings is 1. The summed E-state index contributed by atoms with van der Waals surface area (Å²) in [6.07, 6.45) is 0. The molecule has 3 rings (SSSR count). The van der Waals surface area contributed by atoms with Crippen molar-refractivity contribution < 1.29 is 19.0 Å². The topological polar surface area (TPSA) is 51.2 Å². The summed E-state index contributed by atoms with van der Waals surface area (Å²) in [4.78, 5) is 17.8. The van der Waals surface area contributed by atoms with Crippen LogP contribution in [-0.4, -0.2) is 64.2 Å². The lowest BCUT2D eigenvalue weighted by atomic mass is 10.0. The first kappa shape index (κ1) is 23.8. The maximum atomic E-state index is 13.2. The predicted octanol–water partition coefficient (Wildman–Crippen LogP) is 3.84. The molecular weight excluding hydrogens is 404 g/mol. The molecule has 30 heavy (non-hydrogen) atoms. The fourth-order valence-corrected chi connectivity index (χ4v) is 3.90. The molecule has 1 unspecified atom stereocenters. The third kappa shape index (κ3) is 4.82. The molecule has 0 saturated carbocycles. The lowest BCUT2D eigenvalue weighted by Gasteiger charge is -2.39. The largest absolute Gasteiger partial charge is 0.493 e. The average Bonchev–Trinajstić information content (AvgIpc) is 2.77. The zero-order valence-electron chi connectivity index (χ0n) is 18.3. The van der Waals surface area contributed by atoms with Crippen molar-refractivity contribution in [1.82, 2.24) is 4.90 Å². The molecule has 1 aliphatic rings. The number of para-hydroxylation sites is 1. The Hall–Kier alpha value is -2.44. The Kier molecular flexibility index (Phi) is 8.38. The normalized spacial score (nSPS) is 15.2. The van der Waals surface area contributed by atoms with Crippen LogP contribution in [0.15, 0.2) is 36.4 Å². The van der Waals surface area contributed by atoms with E-state index in [1.807, 2.05) is 6.92 Å². The number of rotatable bonds is 7. The summed E-state index contributed by atoms with van der Waals surface area (Å²) in [5, 5.41) is 0. The van der Waals surface area contributed by atoms with Crippen LogP contribution in [0.2, 0.25) is 0 Å². The van der Waals surface area contributed by atoms with Gasteiger partial charge in [0.1, 0.15) is 0 Å². The molecule has 1 aliphatic heterocycles. The number of anilines is 1. The van der Waals surface area contributed by atoms with Gasteiger partial charge in [-0.15, -0.1) is 12.4 Å². The van der Waals surface area contributed by atoms with Crippen molar-refractivity contribution in [2.45, 2.75) is 19.9 Å². The van der Waals surface area contributed by atoms with Crippen LogP contribution in [0, 0.1) is 6.92 Å². The second kappa shape index (κ2) is 10.5. The number of carbonyl (C=O) groups is 1. The molecule has 0 N–H and O–H groups in total. The Morgan fingerprint density at radius 3 is 2.00 bits per heavy atom. The molecule has 0 aliphatic carbocycles. The summed E-state index contributed by atoms with van der Waals surface area (Å²) in [6, 6.07) is 11.7. The average molecular weight is 435 g/mol. The number of ether oxygens (including phenoxy) is 3. The van der Waals surface area contributed by atoms with Gasteiger partial charge in [0.05, 0.1) is 27.4 Å². The third-order valence-corrected chi connectivity index (χ3v) is 5.65. The standard InChI is InChI=1S/C23H30N2O4.ClH/c1-16-8-6-7-9-19(16)25-12-10-24(11-13-25)17(2)22(26)18-14-20(27-3)23(29-5)21(15-18)28-4;/h6-9,14-15,17H,10-13H2,1-5H3;1H. The third-order valence-electron chi connectivity index (χ3n) is 5.65. The van der Waals surface area contributed by atoms with E-state index in [4.69, 9.17) is 14.2 Å². The maximum Gasteiger partial charge on any atom is 0.203 e. The van der Waals surface area contributed by atoms with Crippen molar-refractivity contribution in [3.05, 3.63) is 47.5 Å². The number of hydrogen-bond acceptors (Lipinski definition) is 6. The first-order valence-electron chi connectivity index (χ1n) is 9.89. The van der Waals surface area contributed by atoms with Crippen LogP contribution in [0.4, 0.5) is 5.69 Å². The molecule has 7 heteroatoms. The van der Waals surface area contributed by atoms with Gasteiger partial charge in [0.2, 0.25) is 5.75 Å². The Morgan fingerprint density at radius 2 is 1.50 bits per heavy atom. The first-order chi connectivity index (χ1) is 14.0. The highest BCUT2D eigenvalue weighted by Gasteiger charge is 2.28. The molecule has 6 nitrogen and oxygen atoms in total. The molecule has 0 radical (unpaired) electrons. The van der Waals surface area contributed by atoms with Crippen molar-refractivity contribution in [3.8, 4) is 17.2 Å². The smallest absolute Gasteiger partial charge is 0.203 e. The van der Waals surface area contributed by atoms with E-state index in [1.54, 1.807) is 33.5 Å². The van der Waals surface area contributed by atoms with Gasteiger partial charge in [0, 0.05) is 37.4 Å². The molecule has 0 amide bonds. The van der Waals surface area contributed by atoms with Gasteiger partial charge >= 0.3 is 0 Å². The second-order valence-corrected chi connectivity index (χ2v) is 7.26. The Bertz CT molecular complexity index is 841. The summed E-state index contributed by atoms with van der Waals surface area (Å²) in [6.45, 7) is 7.58. The van der Waals surface area contributed by atoms with Gasteiger partial charge < -0.3 is 19.1 Å². The van der Waals surface area contributed by atoms with E-state index in [9.17, 15) is 4.79 Å². The van der Waals surface area contributed by atoms with Gasteiger partial charge in [-0.05, 0) is 37.6 Å². The van der Waals surface area contributed by atoms with Crippen LogP contribution in [0.1, 0.15) is 22.8 Å². The van der Waals surface area contributed by atoms with Crippen molar-refractivity contribution in [3.63, 3.8) is 0 Å². The van der Waals surface area contributed by atoms with Gasteiger partial charge in [0.25, 0.3) is 0 Å². The summed E-state index contributed by atoms with van der Waals surface area (Å²) >= 11 is 0. The lowest BCUT2D eigenvalue weighted by molar-refractivity contribution is 0.0829. The highest BCUT2D eigenvalue weighted by atomic mass is 35.5. The van der Waals surface area contributed by atoms with Crippen LogP contribution in [-0.2, 0) is 0 Å². The van der Waals surface area contributed by atoms with E-state index in [0.717, 1.165) is 26.2 Å². The van der Waals surface area contributed by atoms with E-state index in [0.29, 0.717) is 22.8 Å². The minimum atomic E-state index is -0.225.